The van der Waals surface area contributed by atoms with Gasteiger partial charge in [0.25, 0.3) is 0 Å². The van der Waals surface area contributed by atoms with Gasteiger partial charge < -0.3 is 4.74 Å². The van der Waals surface area contributed by atoms with Crippen LogP contribution in [-0.4, -0.2) is 12.6 Å². The van der Waals surface area contributed by atoms with Crippen LogP contribution in [0.15, 0.2) is 61.2 Å². The van der Waals surface area contributed by atoms with Crippen LogP contribution in [0.2, 0.25) is 0 Å². The number of rotatable bonds is 3. The van der Waals surface area contributed by atoms with Gasteiger partial charge in [0.1, 0.15) is 6.61 Å². The van der Waals surface area contributed by atoms with Crippen LogP contribution in [-0.2, 0) is 9.53 Å². The Balaban J connectivity index is 2.05. The zero-order valence-corrected chi connectivity index (χ0v) is 11.7. The third kappa shape index (κ3) is 2.65. The highest BCUT2D eigenvalue weighted by molar-refractivity contribution is 5.81. The number of hydrogen-bond acceptors (Lipinski definition) is 2. The molecule has 1 aliphatic rings. The number of esters is 1. The molecule has 0 heterocycles. The standard InChI is InChI=1S/C19H16O2/c1-2-19(20)21-13-18-16-9-5-3-7-14(16)11-12-15-8-4-6-10-17(15)18/h2-12,18H,1,13H2. The summed E-state index contributed by atoms with van der Waals surface area (Å²) >= 11 is 0. The van der Waals surface area contributed by atoms with Crippen LogP contribution in [0.5, 0.6) is 0 Å². The molecule has 0 saturated carbocycles. The fraction of sp³-hybridized carbons (Fsp3) is 0.105. The van der Waals surface area contributed by atoms with Gasteiger partial charge in [-0.2, -0.15) is 0 Å². The SMILES string of the molecule is C=CC(=O)OCC1c2ccccc2C=Cc2ccccc21. The van der Waals surface area contributed by atoms with Gasteiger partial charge in [-0.3, -0.25) is 0 Å². The maximum Gasteiger partial charge on any atom is 0.330 e. The number of carbonyl (C=O) groups excluding carboxylic acids is 1. The molecule has 0 atom stereocenters. The lowest BCUT2D eigenvalue weighted by atomic mass is 9.88. The van der Waals surface area contributed by atoms with E-state index in [4.69, 9.17) is 4.74 Å². The van der Waals surface area contributed by atoms with Crippen molar-refractivity contribution in [3.05, 3.63) is 83.4 Å². The lowest BCUT2D eigenvalue weighted by Gasteiger charge is -2.19. The van der Waals surface area contributed by atoms with E-state index in [2.05, 4.69) is 43.0 Å². The number of fused-ring (bicyclic) bond motifs is 2. The van der Waals surface area contributed by atoms with Crippen molar-refractivity contribution in [1.29, 1.82) is 0 Å². The summed E-state index contributed by atoms with van der Waals surface area (Å²) in [6.45, 7) is 3.76. The Morgan fingerprint density at radius 2 is 1.52 bits per heavy atom. The van der Waals surface area contributed by atoms with Gasteiger partial charge in [0, 0.05) is 12.0 Å². The Bertz CT molecular complexity index is 664. The van der Waals surface area contributed by atoms with Gasteiger partial charge in [-0.15, -0.1) is 0 Å². The van der Waals surface area contributed by atoms with Gasteiger partial charge >= 0.3 is 5.97 Å². The molecular weight excluding hydrogens is 260 g/mol. The average Bonchev–Trinajstić information content (AvgIpc) is 2.69. The predicted molar refractivity (Wildman–Crippen MR) is 84.8 cm³/mol. The molecule has 2 aromatic rings. The first-order valence-electron chi connectivity index (χ1n) is 6.94. The summed E-state index contributed by atoms with van der Waals surface area (Å²) < 4.78 is 5.32. The third-order valence-corrected chi connectivity index (χ3v) is 3.74. The first-order chi connectivity index (χ1) is 10.3. The first kappa shape index (κ1) is 13.4. The lowest BCUT2D eigenvalue weighted by Crippen LogP contribution is -2.14. The van der Waals surface area contributed by atoms with Crippen molar-refractivity contribution in [2.24, 2.45) is 0 Å². The summed E-state index contributed by atoms with van der Waals surface area (Å²) in [7, 11) is 0. The van der Waals surface area contributed by atoms with E-state index in [0.29, 0.717) is 6.61 Å². The average molecular weight is 276 g/mol. The Morgan fingerprint density at radius 1 is 1.00 bits per heavy atom. The molecular formula is C19H16O2. The van der Waals surface area contributed by atoms with Crippen LogP contribution in [0, 0.1) is 0 Å². The molecule has 2 aromatic carbocycles. The normalized spacial score (nSPS) is 13.0. The van der Waals surface area contributed by atoms with E-state index in [9.17, 15) is 4.79 Å². The largest absolute Gasteiger partial charge is 0.462 e. The van der Waals surface area contributed by atoms with Crippen LogP contribution >= 0.6 is 0 Å². The maximum atomic E-state index is 11.4. The minimum absolute atomic E-state index is 0.0382. The number of benzene rings is 2. The summed E-state index contributed by atoms with van der Waals surface area (Å²) in [4.78, 5) is 11.4. The quantitative estimate of drug-likeness (QED) is 0.625. The van der Waals surface area contributed by atoms with E-state index in [0.717, 1.165) is 11.1 Å². The summed E-state index contributed by atoms with van der Waals surface area (Å²) in [5.74, 6) is -0.349. The molecule has 0 N–H and O–H groups in total. The summed E-state index contributed by atoms with van der Waals surface area (Å²) in [6.07, 6.45) is 5.43. The fourth-order valence-electron chi connectivity index (χ4n) is 2.71. The van der Waals surface area contributed by atoms with Crippen LogP contribution in [0.1, 0.15) is 28.2 Å². The molecule has 0 amide bonds. The summed E-state index contributed by atoms with van der Waals surface area (Å²) in [5.41, 5.74) is 4.67. The minimum Gasteiger partial charge on any atom is -0.462 e. The number of ether oxygens (including phenoxy) is 1. The number of carbonyl (C=O) groups is 1. The van der Waals surface area contributed by atoms with Crippen LogP contribution in [0.25, 0.3) is 12.2 Å². The molecule has 0 fully saturated rings. The molecule has 21 heavy (non-hydrogen) atoms. The molecule has 3 rings (SSSR count). The number of hydrogen-bond donors (Lipinski definition) is 0. The van der Waals surface area contributed by atoms with Crippen molar-refractivity contribution < 1.29 is 9.53 Å². The van der Waals surface area contributed by atoms with Gasteiger partial charge in [0.2, 0.25) is 0 Å². The van der Waals surface area contributed by atoms with Gasteiger partial charge in [-0.1, -0.05) is 67.3 Å². The van der Waals surface area contributed by atoms with Gasteiger partial charge in [-0.25, -0.2) is 4.79 Å². The summed E-state index contributed by atoms with van der Waals surface area (Å²) in [5, 5.41) is 0. The highest BCUT2D eigenvalue weighted by Gasteiger charge is 2.22. The molecule has 0 aliphatic heterocycles. The van der Waals surface area contributed by atoms with E-state index in [1.54, 1.807) is 0 Å². The van der Waals surface area contributed by atoms with E-state index >= 15 is 0 Å². The zero-order chi connectivity index (χ0) is 14.7. The van der Waals surface area contributed by atoms with Crippen LogP contribution < -0.4 is 0 Å². The Morgan fingerprint density at radius 3 is 2.05 bits per heavy atom. The minimum atomic E-state index is -0.387. The molecule has 0 spiro atoms. The maximum absolute atomic E-state index is 11.4. The topological polar surface area (TPSA) is 26.3 Å². The Kier molecular flexibility index (Phi) is 3.69. The second-order valence-electron chi connectivity index (χ2n) is 4.98. The fourth-order valence-corrected chi connectivity index (χ4v) is 2.71. The van der Waals surface area contributed by atoms with Crippen molar-refractivity contribution in [2.45, 2.75) is 5.92 Å². The highest BCUT2D eigenvalue weighted by atomic mass is 16.5. The molecule has 104 valence electrons. The van der Waals surface area contributed by atoms with E-state index in [1.807, 2.05) is 24.3 Å². The predicted octanol–water partition coefficient (Wildman–Crippen LogP) is 4.03. The second kappa shape index (κ2) is 5.80. The van der Waals surface area contributed by atoms with Crippen LogP contribution in [0.4, 0.5) is 0 Å². The van der Waals surface area contributed by atoms with Crippen molar-refractivity contribution in [1.82, 2.24) is 0 Å². The molecule has 0 aromatic heterocycles. The smallest absolute Gasteiger partial charge is 0.330 e. The third-order valence-electron chi connectivity index (χ3n) is 3.74. The van der Waals surface area contributed by atoms with Crippen molar-refractivity contribution in [3.63, 3.8) is 0 Å². The van der Waals surface area contributed by atoms with E-state index < -0.39 is 0 Å². The Labute approximate surface area is 124 Å². The molecule has 0 unspecified atom stereocenters. The monoisotopic (exact) mass is 276 g/mol. The second-order valence-corrected chi connectivity index (χ2v) is 4.98. The molecule has 0 bridgehead atoms. The molecule has 0 saturated heterocycles. The first-order valence-corrected chi connectivity index (χ1v) is 6.94. The van der Waals surface area contributed by atoms with Crippen molar-refractivity contribution in [2.75, 3.05) is 6.61 Å². The molecule has 2 heteroatoms. The van der Waals surface area contributed by atoms with Crippen LogP contribution in [0.3, 0.4) is 0 Å². The van der Waals surface area contributed by atoms with E-state index in [1.165, 1.54) is 17.2 Å². The van der Waals surface area contributed by atoms with Gasteiger partial charge in [-0.05, 0) is 22.3 Å². The Hall–Kier alpha value is -2.61. The van der Waals surface area contributed by atoms with Gasteiger partial charge in [0.15, 0.2) is 0 Å². The molecule has 0 radical (unpaired) electrons. The zero-order valence-electron chi connectivity index (χ0n) is 11.7. The van der Waals surface area contributed by atoms with E-state index in [-0.39, 0.29) is 11.9 Å². The van der Waals surface area contributed by atoms with Gasteiger partial charge in [0.05, 0.1) is 0 Å². The van der Waals surface area contributed by atoms with Crippen molar-refractivity contribution in [3.8, 4) is 0 Å². The lowest BCUT2D eigenvalue weighted by molar-refractivity contribution is -0.138. The highest BCUT2D eigenvalue weighted by Crippen LogP contribution is 2.34. The summed E-state index contributed by atoms with van der Waals surface area (Å²) in [6, 6.07) is 16.4. The van der Waals surface area contributed by atoms with Crippen molar-refractivity contribution >= 4 is 18.1 Å². The molecule has 1 aliphatic carbocycles. The molecule has 2 nitrogen and oxygen atoms in total.